The van der Waals surface area contributed by atoms with Gasteiger partial charge in [-0.1, -0.05) is 13.3 Å². The van der Waals surface area contributed by atoms with Crippen molar-refractivity contribution >= 4 is 35.8 Å². The number of carbonyl (C=O) groups is 6. The van der Waals surface area contributed by atoms with Crippen LogP contribution in [0.5, 0.6) is 0 Å². The van der Waals surface area contributed by atoms with Crippen LogP contribution in [-0.2, 0) is 28.7 Å². The fourth-order valence-corrected chi connectivity index (χ4v) is 2.92. The molecule has 13 nitrogen and oxygen atoms in total. The molecular formula is C19H29N5O8. The first kappa shape index (κ1) is 26.4. The molecule has 6 amide bonds. The molecule has 0 aromatic rings. The van der Waals surface area contributed by atoms with E-state index >= 15 is 0 Å². The molecule has 4 N–H and O–H groups in total. The Balaban J connectivity index is 2.66. The highest BCUT2D eigenvalue weighted by molar-refractivity contribution is 6.15. The van der Waals surface area contributed by atoms with Gasteiger partial charge in [-0.3, -0.25) is 24.1 Å². The van der Waals surface area contributed by atoms with Gasteiger partial charge in [0, 0.05) is 25.2 Å². The molecule has 32 heavy (non-hydrogen) atoms. The van der Waals surface area contributed by atoms with Gasteiger partial charge in [0.2, 0.25) is 11.8 Å². The number of carbonyl (C=O) groups excluding carboxylic acids is 6. The number of methoxy groups -OCH3 is 2. The summed E-state index contributed by atoms with van der Waals surface area (Å²) in [6.07, 6.45) is 1.48. The van der Waals surface area contributed by atoms with Gasteiger partial charge in [-0.2, -0.15) is 0 Å². The number of hydrogen-bond donors (Lipinski definition) is 4. The smallest absolute Gasteiger partial charge is 0.407 e. The summed E-state index contributed by atoms with van der Waals surface area (Å²) in [5.41, 5.74) is 0. The minimum absolute atomic E-state index is 0.00756. The number of amides is 6. The van der Waals surface area contributed by atoms with Crippen LogP contribution in [0.4, 0.5) is 9.59 Å². The third-order valence-electron chi connectivity index (χ3n) is 4.57. The van der Waals surface area contributed by atoms with E-state index in [2.05, 4.69) is 30.7 Å². The van der Waals surface area contributed by atoms with Crippen LogP contribution in [0.3, 0.4) is 0 Å². The second-order valence-electron chi connectivity index (χ2n) is 6.78. The molecule has 0 saturated heterocycles. The quantitative estimate of drug-likeness (QED) is 0.222. The number of ether oxygens (including phenoxy) is 2. The van der Waals surface area contributed by atoms with Crippen LogP contribution in [0.1, 0.15) is 26.7 Å². The SMILES string of the molecule is CCCC(NC(=O)OC)C(NC(=O)OC)C(=O)NCCNC(=O)C(C)N1C(=O)C=CC1=O. The van der Waals surface area contributed by atoms with Crippen molar-refractivity contribution in [3.63, 3.8) is 0 Å². The molecule has 178 valence electrons. The van der Waals surface area contributed by atoms with Gasteiger partial charge in [0.05, 0.1) is 20.3 Å². The largest absolute Gasteiger partial charge is 0.453 e. The standard InChI is InChI=1S/C19H29N5O8/c1-5-6-12(22-18(29)31-3)15(23-19(30)32-4)17(28)21-10-9-20-16(27)11(2)24-13(25)7-8-14(24)26/h7-8,11-12,15H,5-6,9-10H2,1-4H3,(H,20,27)(H,21,28)(H,22,29)(H,23,30). The molecule has 1 aliphatic rings. The first-order valence-electron chi connectivity index (χ1n) is 9.95. The van der Waals surface area contributed by atoms with Crippen LogP contribution in [0.2, 0.25) is 0 Å². The maximum absolute atomic E-state index is 12.7. The number of nitrogens with one attached hydrogen (secondary N) is 4. The van der Waals surface area contributed by atoms with Crippen LogP contribution >= 0.6 is 0 Å². The number of alkyl carbamates (subject to hydrolysis) is 2. The van der Waals surface area contributed by atoms with E-state index in [1.54, 1.807) is 0 Å². The van der Waals surface area contributed by atoms with E-state index in [0.717, 1.165) is 24.2 Å². The van der Waals surface area contributed by atoms with Crippen molar-refractivity contribution in [3.8, 4) is 0 Å². The summed E-state index contributed by atoms with van der Waals surface area (Å²) in [6, 6.07) is -2.96. The fraction of sp³-hybridized carbons (Fsp3) is 0.579. The van der Waals surface area contributed by atoms with Crippen molar-refractivity contribution in [2.45, 2.75) is 44.8 Å². The second kappa shape index (κ2) is 12.9. The average Bonchev–Trinajstić information content (AvgIpc) is 3.11. The van der Waals surface area contributed by atoms with Gasteiger partial charge in [-0.05, 0) is 13.3 Å². The molecule has 3 atom stereocenters. The molecular weight excluding hydrogens is 426 g/mol. The number of rotatable bonds is 11. The Hall–Kier alpha value is -3.64. The van der Waals surface area contributed by atoms with Gasteiger partial charge < -0.3 is 30.7 Å². The molecule has 0 saturated carbocycles. The highest BCUT2D eigenvalue weighted by Gasteiger charge is 2.33. The van der Waals surface area contributed by atoms with Gasteiger partial charge >= 0.3 is 12.2 Å². The zero-order chi connectivity index (χ0) is 24.3. The third kappa shape index (κ3) is 7.56. The molecule has 1 rings (SSSR count). The number of imide groups is 1. The number of nitrogens with zero attached hydrogens (tertiary/aromatic N) is 1. The molecule has 0 spiro atoms. The zero-order valence-electron chi connectivity index (χ0n) is 18.4. The maximum atomic E-state index is 12.7. The lowest BCUT2D eigenvalue weighted by atomic mass is 10.0. The predicted octanol–water partition coefficient (Wildman–Crippen LogP) is -1.22. The molecule has 1 heterocycles. The summed E-state index contributed by atoms with van der Waals surface area (Å²) in [6.45, 7) is 3.21. The molecule has 0 radical (unpaired) electrons. The lowest BCUT2D eigenvalue weighted by Crippen LogP contribution is -2.59. The summed E-state index contributed by atoms with van der Waals surface area (Å²) in [5, 5.41) is 9.94. The van der Waals surface area contributed by atoms with Crippen LogP contribution < -0.4 is 21.3 Å². The molecule has 0 fully saturated rings. The zero-order valence-corrected chi connectivity index (χ0v) is 18.4. The van der Waals surface area contributed by atoms with E-state index in [1.807, 2.05) is 6.92 Å². The summed E-state index contributed by atoms with van der Waals surface area (Å²) >= 11 is 0. The monoisotopic (exact) mass is 455 g/mol. The van der Waals surface area contributed by atoms with Gasteiger partial charge in [-0.25, -0.2) is 9.59 Å². The lowest BCUT2D eigenvalue weighted by molar-refractivity contribution is -0.144. The van der Waals surface area contributed by atoms with Gasteiger partial charge in [-0.15, -0.1) is 0 Å². The van der Waals surface area contributed by atoms with Gasteiger partial charge in [0.1, 0.15) is 12.1 Å². The van der Waals surface area contributed by atoms with E-state index in [1.165, 1.54) is 14.0 Å². The Morgan fingerprint density at radius 2 is 1.41 bits per heavy atom. The maximum Gasteiger partial charge on any atom is 0.407 e. The van der Waals surface area contributed by atoms with E-state index in [0.29, 0.717) is 12.8 Å². The normalized spacial score (nSPS) is 15.4. The molecule has 0 aromatic heterocycles. The Morgan fingerprint density at radius 1 is 0.906 bits per heavy atom. The minimum Gasteiger partial charge on any atom is -0.453 e. The predicted molar refractivity (Wildman–Crippen MR) is 110 cm³/mol. The Kier molecular flexibility index (Phi) is 10.7. The van der Waals surface area contributed by atoms with Crippen molar-refractivity contribution in [1.82, 2.24) is 26.2 Å². The van der Waals surface area contributed by atoms with Crippen LogP contribution in [0.15, 0.2) is 12.2 Å². The van der Waals surface area contributed by atoms with Gasteiger partial charge in [0.25, 0.3) is 11.8 Å². The second-order valence-corrected chi connectivity index (χ2v) is 6.78. The summed E-state index contributed by atoms with van der Waals surface area (Å²) in [7, 11) is 2.30. The average molecular weight is 455 g/mol. The highest BCUT2D eigenvalue weighted by atomic mass is 16.5. The summed E-state index contributed by atoms with van der Waals surface area (Å²) in [5.74, 6) is -2.36. The van der Waals surface area contributed by atoms with E-state index in [-0.39, 0.29) is 13.1 Å². The van der Waals surface area contributed by atoms with Crippen molar-refractivity contribution in [3.05, 3.63) is 12.2 Å². The molecule has 1 aliphatic heterocycles. The van der Waals surface area contributed by atoms with Crippen LogP contribution in [0, 0.1) is 0 Å². The first-order chi connectivity index (χ1) is 15.2. The molecule has 0 aliphatic carbocycles. The van der Waals surface area contributed by atoms with Crippen molar-refractivity contribution in [2.75, 3.05) is 27.3 Å². The summed E-state index contributed by atoms with van der Waals surface area (Å²) < 4.78 is 9.11. The topological polar surface area (TPSA) is 172 Å². The summed E-state index contributed by atoms with van der Waals surface area (Å²) in [4.78, 5) is 72.3. The third-order valence-corrected chi connectivity index (χ3v) is 4.57. The Labute approximate surface area is 185 Å². The Morgan fingerprint density at radius 3 is 1.91 bits per heavy atom. The first-order valence-corrected chi connectivity index (χ1v) is 9.95. The molecule has 0 aromatic carbocycles. The molecule has 3 unspecified atom stereocenters. The molecule has 13 heteroatoms. The van der Waals surface area contributed by atoms with E-state index in [9.17, 15) is 28.8 Å². The van der Waals surface area contributed by atoms with Crippen molar-refractivity contribution in [2.24, 2.45) is 0 Å². The fourth-order valence-electron chi connectivity index (χ4n) is 2.92. The lowest BCUT2D eigenvalue weighted by Gasteiger charge is -2.27. The van der Waals surface area contributed by atoms with Gasteiger partial charge in [0.15, 0.2) is 0 Å². The number of hydrogen-bond acceptors (Lipinski definition) is 8. The highest BCUT2D eigenvalue weighted by Crippen LogP contribution is 2.09. The Bertz CT molecular complexity index is 751. The minimum atomic E-state index is -1.16. The van der Waals surface area contributed by atoms with Crippen LogP contribution in [-0.4, -0.2) is 86.1 Å². The van der Waals surface area contributed by atoms with E-state index in [4.69, 9.17) is 0 Å². The van der Waals surface area contributed by atoms with E-state index < -0.39 is 53.9 Å². The van der Waals surface area contributed by atoms with Crippen molar-refractivity contribution < 1.29 is 38.2 Å². The van der Waals surface area contributed by atoms with Crippen molar-refractivity contribution in [1.29, 1.82) is 0 Å². The molecule has 0 bridgehead atoms. The van der Waals surface area contributed by atoms with Crippen LogP contribution in [0.25, 0.3) is 0 Å².